The van der Waals surface area contributed by atoms with E-state index in [9.17, 15) is 0 Å². The highest BCUT2D eigenvalue weighted by Gasteiger charge is 2.22. The summed E-state index contributed by atoms with van der Waals surface area (Å²) < 4.78 is 0. The van der Waals surface area contributed by atoms with Crippen LogP contribution in [0.1, 0.15) is 37.3 Å². The molecule has 5 N–H and O–H groups in total. The van der Waals surface area contributed by atoms with Gasteiger partial charge in [-0.25, -0.2) is 0 Å². The fraction of sp³-hybridized carbons (Fsp3) is 0.412. The molecule has 1 aromatic rings. The number of nitrogen functional groups attached to an aromatic ring is 1. The van der Waals surface area contributed by atoms with Crippen molar-refractivity contribution >= 4 is 11.3 Å². The zero-order valence-electron chi connectivity index (χ0n) is 12.7. The van der Waals surface area contributed by atoms with Crippen molar-refractivity contribution in [3.63, 3.8) is 0 Å². The van der Waals surface area contributed by atoms with Gasteiger partial charge in [0.05, 0.1) is 0 Å². The summed E-state index contributed by atoms with van der Waals surface area (Å²) in [5, 5.41) is 3.35. The highest BCUT2D eigenvalue weighted by atomic mass is 14.8. The molecule has 1 atom stereocenters. The molecule has 0 aromatic heterocycles. The maximum Gasteiger partial charge on any atom is 0.0393 e. The third-order valence-electron chi connectivity index (χ3n) is 4.00. The van der Waals surface area contributed by atoms with E-state index in [1.54, 1.807) is 11.8 Å². The molecule has 1 aliphatic carbocycles. The van der Waals surface area contributed by atoms with Crippen LogP contribution in [-0.4, -0.2) is 7.05 Å². The summed E-state index contributed by atoms with van der Waals surface area (Å²) in [4.78, 5) is 0. The maximum atomic E-state index is 6.13. The number of benzene rings is 1. The number of nitrogens with two attached hydrogens (primary N) is 2. The molecule has 1 saturated carbocycles. The molecule has 1 aromatic carbocycles. The molecule has 1 unspecified atom stereocenters. The fourth-order valence-electron chi connectivity index (χ4n) is 2.92. The van der Waals surface area contributed by atoms with E-state index < -0.39 is 0 Å². The van der Waals surface area contributed by atoms with Crippen LogP contribution in [0.15, 0.2) is 35.7 Å². The minimum atomic E-state index is 0.436. The van der Waals surface area contributed by atoms with E-state index in [1.807, 2.05) is 19.2 Å². The number of aryl methyl sites for hydroxylation is 1. The van der Waals surface area contributed by atoms with Crippen molar-refractivity contribution in [1.29, 1.82) is 0 Å². The summed E-state index contributed by atoms with van der Waals surface area (Å²) in [6.45, 7) is 4.33. The monoisotopic (exact) mass is 271 g/mol. The molecule has 20 heavy (non-hydrogen) atoms. The first-order valence-corrected chi connectivity index (χ1v) is 7.24. The Morgan fingerprint density at radius 3 is 2.60 bits per heavy atom. The molecule has 0 spiro atoms. The first kappa shape index (κ1) is 14.5. The van der Waals surface area contributed by atoms with E-state index in [0.29, 0.717) is 5.92 Å². The second-order valence-electron chi connectivity index (χ2n) is 5.60. The van der Waals surface area contributed by atoms with Gasteiger partial charge in [0, 0.05) is 24.0 Å². The van der Waals surface area contributed by atoms with Gasteiger partial charge in [0.1, 0.15) is 0 Å². The molecular weight excluding hydrogens is 246 g/mol. The topological polar surface area (TPSA) is 64.1 Å². The van der Waals surface area contributed by atoms with Crippen LogP contribution < -0.4 is 16.8 Å². The van der Waals surface area contributed by atoms with Gasteiger partial charge in [-0.2, -0.15) is 0 Å². The van der Waals surface area contributed by atoms with E-state index in [4.69, 9.17) is 11.5 Å². The molecule has 2 rings (SSSR count). The fourth-order valence-corrected chi connectivity index (χ4v) is 2.92. The standard InChI is InChI=1S/C17H25N3/c1-11-5-4-6-15(19)16(11)14(10-18)9-12(2)17(20-3)13-7-8-13/h4-6,10,12,20H,7-9,18-19H2,1-3H3/b14-10-. The molecule has 3 heteroatoms. The SMILES string of the molecule is CNC(=C1CC1)C(C)C/C(=C/N)c1c(C)cccc1N. The summed E-state index contributed by atoms with van der Waals surface area (Å²) in [6, 6.07) is 6.00. The van der Waals surface area contributed by atoms with Crippen LogP contribution in [0.5, 0.6) is 0 Å². The van der Waals surface area contributed by atoms with Gasteiger partial charge in [-0.3, -0.25) is 0 Å². The van der Waals surface area contributed by atoms with E-state index in [1.165, 1.54) is 24.1 Å². The molecule has 0 heterocycles. The summed E-state index contributed by atoms with van der Waals surface area (Å²) >= 11 is 0. The number of hydrogen-bond acceptors (Lipinski definition) is 3. The van der Waals surface area contributed by atoms with Gasteiger partial charge < -0.3 is 16.8 Å². The highest BCUT2D eigenvalue weighted by molar-refractivity contribution is 5.77. The number of hydrogen-bond donors (Lipinski definition) is 3. The van der Waals surface area contributed by atoms with Gasteiger partial charge in [0.15, 0.2) is 0 Å². The van der Waals surface area contributed by atoms with Crippen LogP contribution in [0.25, 0.3) is 5.57 Å². The minimum Gasteiger partial charge on any atom is -0.404 e. The molecule has 0 amide bonds. The number of allylic oxidation sites excluding steroid dienone is 3. The Bertz CT molecular complexity index is 529. The Balaban J connectivity index is 2.24. The minimum absolute atomic E-state index is 0.436. The third kappa shape index (κ3) is 2.98. The van der Waals surface area contributed by atoms with E-state index in [0.717, 1.165) is 23.2 Å². The highest BCUT2D eigenvalue weighted by Crippen LogP contribution is 2.37. The number of nitrogens with one attached hydrogen (secondary N) is 1. The normalized spacial score (nSPS) is 15.9. The van der Waals surface area contributed by atoms with Gasteiger partial charge in [0.2, 0.25) is 0 Å². The van der Waals surface area contributed by atoms with Gasteiger partial charge >= 0.3 is 0 Å². The lowest BCUT2D eigenvalue weighted by Crippen LogP contribution is -2.15. The summed E-state index contributed by atoms with van der Waals surface area (Å²) in [7, 11) is 2.01. The predicted molar refractivity (Wildman–Crippen MR) is 86.9 cm³/mol. The van der Waals surface area contributed by atoms with Crippen molar-refractivity contribution < 1.29 is 0 Å². The molecule has 0 radical (unpaired) electrons. The lowest BCUT2D eigenvalue weighted by molar-refractivity contribution is 0.647. The molecule has 1 aliphatic rings. The zero-order chi connectivity index (χ0) is 14.7. The second kappa shape index (κ2) is 6.04. The molecule has 108 valence electrons. The van der Waals surface area contributed by atoms with Crippen molar-refractivity contribution in [2.45, 2.75) is 33.1 Å². The summed E-state index contributed by atoms with van der Waals surface area (Å²) in [5.41, 5.74) is 19.1. The van der Waals surface area contributed by atoms with E-state index >= 15 is 0 Å². The van der Waals surface area contributed by atoms with Gasteiger partial charge in [-0.05, 0) is 55.5 Å². The van der Waals surface area contributed by atoms with Crippen molar-refractivity contribution in [2.24, 2.45) is 11.7 Å². The Morgan fingerprint density at radius 2 is 2.10 bits per heavy atom. The molecule has 1 fully saturated rings. The lowest BCUT2D eigenvalue weighted by atomic mass is 9.90. The van der Waals surface area contributed by atoms with Crippen LogP contribution in [-0.2, 0) is 0 Å². The van der Waals surface area contributed by atoms with Crippen LogP contribution >= 0.6 is 0 Å². The van der Waals surface area contributed by atoms with Crippen LogP contribution in [0.2, 0.25) is 0 Å². The smallest absolute Gasteiger partial charge is 0.0393 e. The average Bonchev–Trinajstić information content (AvgIpc) is 3.22. The van der Waals surface area contributed by atoms with Crippen LogP contribution in [0.3, 0.4) is 0 Å². The number of rotatable bonds is 5. The lowest BCUT2D eigenvalue weighted by Gasteiger charge is -2.20. The largest absolute Gasteiger partial charge is 0.404 e. The Labute approximate surface area is 121 Å². The van der Waals surface area contributed by atoms with Gasteiger partial charge in [-0.15, -0.1) is 0 Å². The summed E-state index contributed by atoms with van der Waals surface area (Å²) in [5.74, 6) is 0.436. The maximum absolute atomic E-state index is 6.13. The average molecular weight is 271 g/mol. The first-order valence-electron chi connectivity index (χ1n) is 7.24. The van der Waals surface area contributed by atoms with E-state index in [-0.39, 0.29) is 0 Å². The molecule has 0 bridgehead atoms. The quantitative estimate of drug-likeness (QED) is 0.721. The number of anilines is 1. The van der Waals surface area contributed by atoms with Crippen LogP contribution in [0, 0.1) is 12.8 Å². The second-order valence-corrected chi connectivity index (χ2v) is 5.60. The van der Waals surface area contributed by atoms with Gasteiger partial charge in [-0.1, -0.05) is 24.6 Å². The molecule has 0 saturated heterocycles. The summed E-state index contributed by atoms with van der Waals surface area (Å²) in [6.07, 6.45) is 5.08. The van der Waals surface area contributed by atoms with Crippen molar-refractivity contribution in [2.75, 3.05) is 12.8 Å². The van der Waals surface area contributed by atoms with Crippen molar-refractivity contribution in [3.8, 4) is 0 Å². The Morgan fingerprint density at radius 1 is 1.40 bits per heavy atom. The Kier molecular flexibility index (Phi) is 4.38. The molecular formula is C17H25N3. The van der Waals surface area contributed by atoms with Crippen molar-refractivity contribution in [3.05, 3.63) is 46.8 Å². The zero-order valence-corrected chi connectivity index (χ0v) is 12.7. The van der Waals surface area contributed by atoms with Gasteiger partial charge in [0.25, 0.3) is 0 Å². The van der Waals surface area contributed by atoms with Crippen molar-refractivity contribution in [1.82, 2.24) is 5.32 Å². The molecule has 3 nitrogen and oxygen atoms in total. The van der Waals surface area contributed by atoms with E-state index in [2.05, 4.69) is 25.2 Å². The third-order valence-corrected chi connectivity index (χ3v) is 4.00. The first-order chi connectivity index (χ1) is 9.58. The molecule has 0 aliphatic heterocycles. The predicted octanol–water partition coefficient (Wildman–Crippen LogP) is 3.17. The van der Waals surface area contributed by atoms with Crippen LogP contribution in [0.4, 0.5) is 5.69 Å². The Hall–Kier alpha value is -1.90.